The predicted molar refractivity (Wildman–Crippen MR) is 92.5 cm³/mol. The fraction of sp³-hybridized carbons (Fsp3) is 0.312. The lowest BCUT2D eigenvalue weighted by Gasteiger charge is -2.06. The van der Waals surface area contributed by atoms with Gasteiger partial charge < -0.3 is 16.2 Å². The molecule has 0 spiro atoms. The average molecular weight is 329 g/mol. The fourth-order valence-corrected chi connectivity index (χ4v) is 3.70. The third-order valence-electron chi connectivity index (χ3n) is 3.72. The molecule has 0 fully saturated rings. The van der Waals surface area contributed by atoms with Gasteiger partial charge in [-0.15, -0.1) is 16.4 Å². The second-order valence-electron chi connectivity index (χ2n) is 5.44. The van der Waals surface area contributed by atoms with E-state index in [1.807, 2.05) is 19.1 Å². The van der Waals surface area contributed by atoms with Crippen molar-refractivity contribution in [3.8, 4) is 0 Å². The SMILES string of the molecule is Cc1c(C[C@@H](N)CO)sc2c(NCc3ccncc3)cnnc12. The number of aliphatic hydroxyl groups is 1. The van der Waals surface area contributed by atoms with Crippen LogP contribution in [0.2, 0.25) is 0 Å². The van der Waals surface area contributed by atoms with Crippen LogP contribution in [0.5, 0.6) is 0 Å². The number of aryl methyl sites for hydroxylation is 1. The van der Waals surface area contributed by atoms with E-state index in [1.54, 1.807) is 29.9 Å². The lowest BCUT2D eigenvalue weighted by molar-refractivity contribution is 0.265. The van der Waals surface area contributed by atoms with Crippen LogP contribution in [0.3, 0.4) is 0 Å². The molecule has 23 heavy (non-hydrogen) atoms. The maximum absolute atomic E-state index is 9.16. The molecule has 3 aromatic heterocycles. The van der Waals surface area contributed by atoms with Crippen LogP contribution in [0.1, 0.15) is 16.0 Å². The first-order valence-corrected chi connectivity index (χ1v) is 8.23. The maximum atomic E-state index is 9.16. The van der Waals surface area contributed by atoms with Gasteiger partial charge in [0.25, 0.3) is 0 Å². The van der Waals surface area contributed by atoms with Crippen molar-refractivity contribution >= 4 is 27.2 Å². The van der Waals surface area contributed by atoms with E-state index in [2.05, 4.69) is 20.5 Å². The summed E-state index contributed by atoms with van der Waals surface area (Å²) in [6, 6.07) is 3.71. The summed E-state index contributed by atoms with van der Waals surface area (Å²) in [5, 5.41) is 20.9. The van der Waals surface area contributed by atoms with Crippen molar-refractivity contribution in [3.05, 3.63) is 46.7 Å². The number of nitrogens with zero attached hydrogens (tertiary/aromatic N) is 3. The second-order valence-corrected chi connectivity index (χ2v) is 6.55. The minimum atomic E-state index is -0.247. The van der Waals surface area contributed by atoms with Gasteiger partial charge in [0.1, 0.15) is 5.52 Å². The first-order valence-electron chi connectivity index (χ1n) is 7.42. The second kappa shape index (κ2) is 6.99. The third-order valence-corrected chi connectivity index (χ3v) is 5.05. The standard InChI is InChI=1S/C16H19N5OS/c1-10-14(6-12(17)9-22)23-16-13(8-20-21-15(10)16)19-7-11-2-4-18-5-3-11/h2-5,8,12,22H,6-7,9,17H2,1H3,(H,19,21)/t12-/m1/s1. The molecular weight excluding hydrogens is 310 g/mol. The minimum absolute atomic E-state index is 0.0213. The molecule has 7 heteroatoms. The molecule has 0 aliphatic heterocycles. The van der Waals surface area contributed by atoms with Crippen molar-refractivity contribution in [2.24, 2.45) is 5.73 Å². The molecule has 0 unspecified atom stereocenters. The largest absolute Gasteiger partial charge is 0.395 e. The summed E-state index contributed by atoms with van der Waals surface area (Å²) >= 11 is 1.66. The van der Waals surface area contributed by atoms with E-state index in [1.165, 1.54) is 0 Å². The number of nitrogens with two attached hydrogens (primary N) is 1. The molecule has 3 heterocycles. The first kappa shape index (κ1) is 15.8. The number of rotatable bonds is 6. The number of hydrogen-bond donors (Lipinski definition) is 3. The minimum Gasteiger partial charge on any atom is -0.395 e. The van der Waals surface area contributed by atoms with Crippen molar-refractivity contribution in [3.63, 3.8) is 0 Å². The number of nitrogens with one attached hydrogen (secondary N) is 1. The van der Waals surface area contributed by atoms with E-state index in [0.717, 1.165) is 31.9 Å². The third kappa shape index (κ3) is 3.47. The zero-order chi connectivity index (χ0) is 16.2. The number of hydrogen-bond acceptors (Lipinski definition) is 7. The molecule has 0 aliphatic carbocycles. The topological polar surface area (TPSA) is 97.0 Å². The highest BCUT2D eigenvalue weighted by molar-refractivity contribution is 7.19. The number of aromatic nitrogens is 3. The van der Waals surface area contributed by atoms with Crippen LogP contribution in [0.25, 0.3) is 10.2 Å². The summed E-state index contributed by atoms with van der Waals surface area (Å²) in [7, 11) is 0. The number of pyridine rings is 1. The van der Waals surface area contributed by atoms with E-state index < -0.39 is 0 Å². The summed E-state index contributed by atoms with van der Waals surface area (Å²) in [5.41, 5.74) is 9.97. The Labute approximate surface area is 138 Å². The summed E-state index contributed by atoms with van der Waals surface area (Å²) in [4.78, 5) is 5.17. The van der Waals surface area contributed by atoms with E-state index >= 15 is 0 Å². The van der Waals surface area contributed by atoms with Crippen molar-refractivity contribution in [2.45, 2.75) is 25.9 Å². The molecule has 0 bridgehead atoms. The molecule has 0 amide bonds. The molecule has 3 rings (SSSR count). The van der Waals surface area contributed by atoms with Crippen molar-refractivity contribution < 1.29 is 5.11 Å². The first-order chi connectivity index (χ1) is 11.2. The zero-order valence-electron chi connectivity index (χ0n) is 12.9. The Kier molecular flexibility index (Phi) is 4.80. The van der Waals surface area contributed by atoms with Gasteiger partial charge >= 0.3 is 0 Å². The number of thiophene rings is 1. The summed E-state index contributed by atoms with van der Waals surface area (Å²) in [6.07, 6.45) is 5.95. The van der Waals surface area contributed by atoms with Gasteiger partial charge in [-0.3, -0.25) is 4.98 Å². The Balaban J connectivity index is 1.87. The Morgan fingerprint density at radius 3 is 2.87 bits per heavy atom. The van der Waals surface area contributed by atoms with E-state index in [9.17, 15) is 0 Å². The average Bonchev–Trinajstić information content (AvgIpc) is 2.90. The predicted octanol–water partition coefficient (Wildman–Crippen LogP) is 1.87. The lowest BCUT2D eigenvalue weighted by atomic mass is 10.1. The van der Waals surface area contributed by atoms with Gasteiger partial charge in [-0.1, -0.05) is 0 Å². The van der Waals surface area contributed by atoms with Crippen LogP contribution < -0.4 is 11.1 Å². The summed E-state index contributed by atoms with van der Waals surface area (Å²) in [5.74, 6) is 0. The number of anilines is 1. The molecule has 4 N–H and O–H groups in total. The summed E-state index contributed by atoms with van der Waals surface area (Å²) in [6.45, 7) is 2.71. The van der Waals surface area contributed by atoms with E-state index in [0.29, 0.717) is 13.0 Å². The van der Waals surface area contributed by atoms with Crippen LogP contribution in [0.15, 0.2) is 30.7 Å². The molecule has 3 aromatic rings. The monoisotopic (exact) mass is 329 g/mol. The van der Waals surface area contributed by atoms with Crippen LogP contribution in [0, 0.1) is 6.92 Å². The van der Waals surface area contributed by atoms with Crippen molar-refractivity contribution in [1.29, 1.82) is 0 Å². The zero-order valence-corrected chi connectivity index (χ0v) is 13.7. The van der Waals surface area contributed by atoms with Gasteiger partial charge in [0.2, 0.25) is 0 Å². The van der Waals surface area contributed by atoms with Crippen molar-refractivity contribution in [1.82, 2.24) is 15.2 Å². The molecule has 0 aromatic carbocycles. The molecule has 1 atom stereocenters. The molecule has 0 aliphatic rings. The molecular formula is C16H19N5OS. The van der Waals surface area contributed by atoms with Gasteiger partial charge in [0.05, 0.1) is 23.2 Å². The number of aliphatic hydroxyl groups excluding tert-OH is 1. The van der Waals surface area contributed by atoms with Crippen LogP contribution >= 0.6 is 11.3 Å². The highest BCUT2D eigenvalue weighted by atomic mass is 32.1. The van der Waals surface area contributed by atoms with Crippen molar-refractivity contribution in [2.75, 3.05) is 11.9 Å². The molecule has 0 saturated heterocycles. The van der Waals surface area contributed by atoms with Crippen LogP contribution in [-0.2, 0) is 13.0 Å². The lowest BCUT2D eigenvalue weighted by Crippen LogP contribution is -2.26. The van der Waals surface area contributed by atoms with E-state index in [-0.39, 0.29) is 12.6 Å². The Bertz CT molecular complexity index is 790. The highest BCUT2D eigenvalue weighted by Gasteiger charge is 2.15. The Hall–Kier alpha value is -2.09. The molecule has 0 radical (unpaired) electrons. The maximum Gasteiger partial charge on any atom is 0.109 e. The smallest absolute Gasteiger partial charge is 0.109 e. The normalized spacial score (nSPS) is 12.5. The van der Waals surface area contributed by atoms with Gasteiger partial charge in [0, 0.05) is 29.9 Å². The molecule has 0 saturated carbocycles. The molecule has 6 nitrogen and oxygen atoms in total. The Morgan fingerprint density at radius 1 is 1.35 bits per heavy atom. The fourth-order valence-electron chi connectivity index (χ4n) is 2.38. The van der Waals surface area contributed by atoms with Gasteiger partial charge in [-0.05, 0) is 36.6 Å². The highest BCUT2D eigenvalue weighted by Crippen LogP contribution is 2.34. The summed E-state index contributed by atoms with van der Waals surface area (Å²) < 4.78 is 1.08. The Morgan fingerprint density at radius 2 is 2.13 bits per heavy atom. The van der Waals surface area contributed by atoms with Gasteiger partial charge in [-0.2, -0.15) is 5.10 Å². The van der Waals surface area contributed by atoms with Gasteiger partial charge in [0.15, 0.2) is 0 Å². The van der Waals surface area contributed by atoms with Gasteiger partial charge in [-0.25, -0.2) is 0 Å². The number of fused-ring (bicyclic) bond motifs is 1. The quantitative estimate of drug-likeness (QED) is 0.639. The van der Waals surface area contributed by atoms with E-state index in [4.69, 9.17) is 10.8 Å². The molecule has 120 valence electrons. The van der Waals surface area contributed by atoms with Crippen LogP contribution in [0.4, 0.5) is 5.69 Å². The van der Waals surface area contributed by atoms with Crippen LogP contribution in [-0.4, -0.2) is 32.9 Å².